The molecule has 1 aromatic rings. The number of nitrogen functional groups attached to an aromatic ring is 1. The van der Waals surface area contributed by atoms with Gasteiger partial charge in [-0.25, -0.2) is 0 Å². The van der Waals surface area contributed by atoms with Gasteiger partial charge in [0.1, 0.15) is 5.75 Å². The first-order valence-corrected chi connectivity index (χ1v) is 5.47. The fraction of sp³-hybridized carbons (Fsp3) is 0.308. The van der Waals surface area contributed by atoms with Gasteiger partial charge >= 0.3 is 0 Å². The quantitative estimate of drug-likeness (QED) is 0.476. The van der Waals surface area contributed by atoms with Crippen LogP contribution >= 0.6 is 0 Å². The molecule has 0 fully saturated rings. The van der Waals surface area contributed by atoms with E-state index in [4.69, 9.17) is 5.73 Å². The molecule has 17 heavy (non-hydrogen) atoms. The topological polar surface area (TPSA) is 66.6 Å². The van der Waals surface area contributed by atoms with E-state index in [2.05, 4.69) is 6.58 Å². The standard InChI is InChI=1S/C13H18N2O2/c1-4-7-15(9(2)3)13(17)10-5-6-11(14)12(16)8-10/h4-6,8-9,16H,1,7,14H2,2-3H3. The van der Waals surface area contributed by atoms with Gasteiger partial charge in [0.15, 0.2) is 0 Å². The van der Waals surface area contributed by atoms with Crippen molar-refractivity contribution in [2.45, 2.75) is 19.9 Å². The van der Waals surface area contributed by atoms with Crippen LogP contribution in [0.25, 0.3) is 0 Å². The summed E-state index contributed by atoms with van der Waals surface area (Å²) in [5.41, 5.74) is 6.18. The van der Waals surface area contributed by atoms with Crippen LogP contribution in [0.5, 0.6) is 5.75 Å². The molecule has 0 heterocycles. The van der Waals surface area contributed by atoms with Gasteiger partial charge in [0.2, 0.25) is 0 Å². The molecule has 1 aromatic carbocycles. The highest BCUT2D eigenvalue weighted by molar-refractivity contribution is 5.95. The van der Waals surface area contributed by atoms with Crippen LogP contribution in [0.2, 0.25) is 0 Å². The second-order valence-corrected chi connectivity index (χ2v) is 4.11. The molecule has 0 bridgehead atoms. The van der Waals surface area contributed by atoms with Crippen molar-refractivity contribution in [1.29, 1.82) is 0 Å². The third-order valence-electron chi connectivity index (χ3n) is 2.49. The third kappa shape index (κ3) is 3.00. The van der Waals surface area contributed by atoms with Crippen molar-refractivity contribution >= 4 is 11.6 Å². The molecule has 4 heteroatoms. The van der Waals surface area contributed by atoms with Crippen LogP contribution in [0.4, 0.5) is 5.69 Å². The zero-order valence-corrected chi connectivity index (χ0v) is 10.2. The maximum Gasteiger partial charge on any atom is 0.254 e. The Morgan fingerprint density at radius 3 is 2.71 bits per heavy atom. The van der Waals surface area contributed by atoms with Crippen LogP contribution in [-0.4, -0.2) is 28.5 Å². The number of carbonyl (C=O) groups excluding carboxylic acids is 1. The summed E-state index contributed by atoms with van der Waals surface area (Å²) in [7, 11) is 0. The lowest BCUT2D eigenvalue weighted by molar-refractivity contribution is 0.0728. The number of hydrogen-bond acceptors (Lipinski definition) is 3. The first-order chi connectivity index (χ1) is 7.97. The number of aromatic hydroxyl groups is 1. The number of amides is 1. The maximum absolute atomic E-state index is 12.2. The maximum atomic E-state index is 12.2. The summed E-state index contributed by atoms with van der Waals surface area (Å²) < 4.78 is 0. The number of phenolic OH excluding ortho intramolecular Hbond substituents is 1. The highest BCUT2D eigenvalue weighted by atomic mass is 16.3. The Kier molecular flexibility index (Phi) is 4.15. The molecule has 1 rings (SSSR count). The minimum atomic E-state index is -0.143. The number of anilines is 1. The summed E-state index contributed by atoms with van der Waals surface area (Å²) in [6.45, 7) is 7.96. The van der Waals surface area contributed by atoms with Gasteiger partial charge in [-0.3, -0.25) is 4.79 Å². The molecule has 4 nitrogen and oxygen atoms in total. The molecule has 0 aliphatic rings. The number of nitrogens with zero attached hydrogens (tertiary/aromatic N) is 1. The van der Waals surface area contributed by atoms with Gasteiger partial charge in [0.05, 0.1) is 5.69 Å². The number of benzene rings is 1. The molecule has 3 N–H and O–H groups in total. The fourth-order valence-electron chi connectivity index (χ4n) is 1.51. The number of carbonyl (C=O) groups is 1. The Bertz CT molecular complexity index is 427. The van der Waals surface area contributed by atoms with E-state index in [9.17, 15) is 9.90 Å². The second-order valence-electron chi connectivity index (χ2n) is 4.11. The fourth-order valence-corrected chi connectivity index (χ4v) is 1.51. The van der Waals surface area contributed by atoms with E-state index in [1.54, 1.807) is 17.0 Å². The van der Waals surface area contributed by atoms with E-state index in [1.807, 2.05) is 13.8 Å². The van der Waals surface area contributed by atoms with Crippen molar-refractivity contribution in [3.63, 3.8) is 0 Å². The van der Waals surface area contributed by atoms with E-state index in [1.165, 1.54) is 12.1 Å². The van der Waals surface area contributed by atoms with E-state index >= 15 is 0 Å². The van der Waals surface area contributed by atoms with Crippen LogP contribution in [-0.2, 0) is 0 Å². The van der Waals surface area contributed by atoms with Gasteiger partial charge in [-0.2, -0.15) is 0 Å². The van der Waals surface area contributed by atoms with Gasteiger partial charge in [-0.05, 0) is 32.0 Å². The van der Waals surface area contributed by atoms with E-state index < -0.39 is 0 Å². The first-order valence-electron chi connectivity index (χ1n) is 5.47. The van der Waals surface area contributed by atoms with Crippen molar-refractivity contribution < 1.29 is 9.90 Å². The molecule has 0 saturated carbocycles. The SMILES string of the molecule is C=CCN(C(=O)c1ccc(N)c(O)c1)C(C)C. The molecule has 0 radical (unpaired) electrons. The average Bonchev–Trinajstić information content (AvgIpc) is 2.28. The minimum Gasteiger partial charge on any atom is -0.506 e. The van der Waals surface area contributed by atoms with Gasteiger partial charge in [0.25, 0.3) is 5.91 Å². The number of nitrogens with two attached hydrogens (primary N) is 1. The summed E-state index contributed by atoms with van der Waals surface area (Å²) in [5, 5.41) is 9.48. The Labute approximate surface area is 101 Å². The lowest BCUT2D eigenvalue weighted by Gasteiger charge is -2.25. The predicted molar refractivity (Wildman–Crippen MR) is 68.9 cm³/mol. The van der Waals surface area contributed by atoms with Gasteiger partial charge in [0, 0.05) is 18.2 Å². The highest BCUT2D eigenvalue weighted by Crippen LogP contribution is 2.22. The lowest BCUT2D eigenvalue weighted by atomic mass is 10.1. The van der Waals surface area contributed by atoms with Crippen molar-refractivity contribution in [2.24, 2.45) is 0 Å². The van der Waals surface area contributed by atoms with Crippen LogP contribution in [0, 0.1) is 0 Å². The molecule has 0 aromatic heterocycles. The van der Waals surface area contributed by atoms with Crippen LogP contribution in [0.15, 0.2) is 30.9 Å². The molecule has 0 aliphatic carbocycles. The number of hydrogen-bond donors (Lipinski definition) is 2. The number of rotatable bonds is 4. The van der Waals surface area contributed by atoms with Crippen molar-refractivity contribution in [2.75, 3.05) is 12.3 Å². The smallest absolute Gasteiger partial charge is 0.254 e. The van der Waals surface area contributed by atoms with Crippen molar-refractivity contribution in [1.82, 2.24) is 4.90 Å². The molecule has 0 saturated heterocycles. The molecule has 0 spiro atoms. The Hall–Kier alpha value is -1.97. The van der Waals surface area contributed by atoms with E-state index in [0.717, 1.165) is 0 Å². The second kappa shape index (κ2) is 5.39. The molecule has 1 amide bonds. The van der Waals surface area contributed by atoms with Crippen LogP contribution in [0.3, 0.4) is 0 Å². The molecule has 0 aliphatic heterocycles. The summed E-state index contributed by atoms with van der Waals surface area (Å²) >= 11 is 0. The molecular weight excluding hydrogens is 216 g/mol. The first kappa shape index (κ1) is 13.1. The lowest BCUT2D eigenvalue weighted by Crippen LogP contribution is -2.37. The number of phenols is 1. The molecule has 0 unspecified atom stereocenters. The van der Waals surface area contributed by atoms with Crippen molar-refractivity contribution in [3.8, 4) is 5.75 Å². The Morgan fingerprint density at radius 1 is 1.59 bits per heavy atom. The predicted octanol–water partition coefficient (Wildman–Crippen LogP) is 2.01. The van der Waals surface area contributed by atoms with Crippen LogP contribution in [0.1, 0.15) is 24.2 Å². The van der Waals surface area contributed by atoms with E-state index in [-0.39, 0.29) is 23.4 Å². The highest BCUT2D eigenvalue weighted by Gasteiger charge is 2.18. The zero-order chi connectivity index (χ0) is 13.0. The minimum absolute atomic E-state index is 0.0696. The van der Waals surface area contributed by atoms with Gasteiger partial charge in [-0.1, -0.05) is 6.08 Å². The Balaban J connectivity index is 3.00. The normalized spacial score (nSPS) is 10.3. The molecular formula is C13H18N2O2. The van der Waals surface area contributed by atoms with Gasteiger partial charge in [-0.15, -0.1) is 6.58 Å². The van der Waals surface area contributed by atoms with Crippen molar-refractivity contribution in [3.05, 3.63) is 36.4 Å². The van der Waals surface area contributed by atoms with E-state index in [0.29, 0.717) is 12.1 Å². The summed E-state index contributed by atoms with van der Waals surface area (Å²) in [4.78, 5) is 13.8. The molecule has 92 valence electrons. The van der Waals surface area contributed by atoms with Crippen LogP contribution < -0.4 is 5.73 Å². The zero-order valence-electron chi connectivity index (χ0n) is 10.2. The molecule has 0 atom stereocenters. The third-order valence-corrected chi connectivity index (χ3v) is 2.49. The summed E-state index contributed by atoms with van der Waals surface area (Å²) in [6.07, 6.45) is 1.68. The largest absolute Gasteiger partial charge is 0.506 e. The monoisotopic (exact) mass is 234 g/mol. The van der Waals surface area contributed by atoms with Gasteiger partial charge < -0.3 is 15.7 Å². The Morgan fingerprint density at radius 2 is 2.24 bits per heavy atom. The summed E-state index contributed by atoms with van der Waals surface area (Å²) in [6, 6.07) is 4.58. The average molecular weight is 234 g/mol. The summed E-state index contributed by atoms with van der Waals surface area (Å²) in [5.74, 6) is -0.214.